The summed E-state index contributed by atoms with van der Waals surface area (Å²) < 4.78 is 0. The van der Waals surface area contributed by atoms with Gasteiger partial charge >= 0.3 is 0 Å². The maximum atomic E-state index is 11.7. The van der Waals surface area contributed by atoms with E-state index in [2.05, 4.69) is 32.3 Å². The summed E-state index contributed by atoms with van der Waals surface area (Å²) in [6.45, 7) is 7.25. The Morgan fingerprint density at radius 1 is 1.21 bits per heavy atom. The average Bonchev–Trinajstić information content (AvgIpc) is 2.25. The van der Waals surface area contributed by atoms with Crippen LogP contribution >= 0.6 is 11.8 Å². The number of hydrogen-bond acceptors (Lipinski definition) is 3. The number of thioether (sulfide) groups is 1. The molecular weight excluding hydrogens is 256 g/mol. The van der Waals surface area contributed by atoms with Crippen LogP contribution in [0, 0.1) is 5.41 Å². The predicted molar refractivity (Wildman–Crippen MR) is 86.5 cm³/mol. The van der Waals surface area contributed by atoms with Crippen LogP contribution in [0.1, 0.15) is 59.3 Å². The standard InChI is InChI=1S/C15H32N2OS/c1-15(2,3)12-13(16)11-14(18)17-9-7-5-6-8-10-19-4/h13H,5-12,16H2,1-4H3,(H,17,18). The number of unbranched alkanes of at least 4 members (excludes halogenated alkanes) is 3. The lowest BCUT2D eigenvalue weighted by Crippen LogP contribution is -2.34. The van der Waals surface area contributed by atoms with Gasteiger partial charge in [-0.3, -0.25) is 4.79 Å². The Hall–Kier alpha value is -0.220. The molecule has 0 spiro atoms. The highest BCUT2D eigenvalue weighted by atomic mass is 32.2. The van der Waals surface area contributed by atoms with Crippen molar-refractivity contribution in [2.75, 3.05) is 18.6 Å². The highest BCUT2D eigenvalue weighted by Gasteiger charge is 2.17. The summed E-state index contributed by atoms with van der Waals surface area (Å²) in [5, 5.41) is 2.97. The Kier molecular flexibility index (Phi) is 10.4. The van der Waals surface area contributed by atoms with Gasteiger partial charge in [0.15, 0.2) is 0 Å². The van der Waals surface area contributed by atoms with E-state index in [4.69, 9.17) is 5.73 Å². The normalized spacial score (nSPS) is 13.3. The zero-order valence-electron chi connectivity index (χ0n) is 13.1. The lowest BCUT2D eigenvalue weighted by molar-refractivity contribution is -0.121. The Bertz CT molecular complexity index is 239. The number of nitrogens with one attached hydrogen (secondary N) is 1. The van der Waals surface area contributed by atoms with Crippen molar-refractivity contribution in [3.8, 4) is 0 Å². The summed E-state index contributed by atoms with van der Waals surface area (Å²) in [6, 6.07) is -0.0263. The molecule has 0 fully saturated rings. The summed E-state index contributed by atoms with van der Waals surface area (Å²) in [5.74, 6) is 1.34. The van der Waals surface area contributed by atoms with Crippen molar-refractivity contribution in [2.24, 2.45) is 11.1 Å². The van der Waals surface area contributed by atoms with Gasteiger partial charge in [-0.25, -0.2) is 0 Å². The molecule has 0 rings (SSSR count). The minimum absolute atomic E-state index is 0.0263. The molecule has 0 aliphatic carbocycles. The molecule has 19 heavy (non-hydrogen) atoms. The molecule has 4 heteroatoms. The first-order valence-corrected chi connectivity index (χ1v) is 8.76. The van der Waals surface area contributed by atoms with E-state index in [0.29, 0.717) is 6.42 Å². The molecule has 1 unspecified atom stereocenters. The molecule has 0 aromatic heterocycles. The van der Waals surface area contributed by atoms with Crippen molar-refractivity contribution in [2.45, 2.75) is 65.3 Å². The van der Waals surface area contributed by atoms with E-state index in [9.17, 15) is 4.79 Å². The fraction of sp³-hybridized carbons (Fsp3) is 0.933. The fourth-order valence-corrected chi connectivity index (χ4v) is 2.61. The van der Waals surface area contributed by atoms with E-state index >= 15 is 0 Å². The largest absolute Gasteiger partial charge is 0.356 e. The Morgan fingerprint density at radius 3 is 2.42 bits per heavy atom. The third-order valence-corrected chi connectivity index (χ3v) is 3.62. The fourth-order valence-electron chi connectivity index (χ4n) is 2.12. The predicted octanol–water partition coefficient (Wildman–Crippen LogP) is 3.18. The van der Waals surface area contributed by atoms with Crippen LogP contribution in [0.3, 0.4) is 0 Å². The minimum Gasteiger partial charge on any atom is -0.356 e. The lowest BCUT2D eigenvalue weighted by Gasteiger charge is -2.22. The SMILES string of the molecule is CSCCCCCCNC(=O)CC(N)CC(C)(C)C. The number of carbonyl (C=O) groups excluding carboxylic acids is 1. The molecule has 3 nitrogen and oxygen atoms in total. The first-order valence-electron chi connectivity index (χ1n) is 7.36. The molecule has 0 bridgehead atoms. The van der Waals surface area contributed by atoms with Crippen LogP contribution in [-0.4, -0.2) is 30.5 Å². The van der Waals surface area contributed by atoms with Gasteiger partial charge in [0.2, 0.25) is 5.91 Å². The van der Waals surface area contributed by atoms with Gasteiger partial charge in [0, 0.05) is 19.0 Å². The first kappa shape index (κ1) is 18.8. The van der Waals surface area contributed by atoms with Gasteiger partial charge in [-0.1, -0.05) is 33.6 Å². The molecule has 1 atom stereocenters. The van der Waals surface area contributed by atoms with E-state index in [1.807, 2.05) is 11.8 Å². The molecule has 0 saturated carbocycles. The average molecular weight is 289 g/mol. The van der Waals surface area contributed by atoms with Crippen LogP contribution in [0.4, 0.5) is 0 Å². The van der Waals surface area contributed by atoms with Crippen LogP contribution < -0.4 is 11.1 Å². The van der Waals surface area contributed by atoms with Crippen molar-refractivity contribution < 1.29 is 4.79 Å². The van der Waals surface area contributed by atoms with Gasteiger partial charge in [-0.2, -0.15) is 11.8 Å². The molecule has 0 aliphatic rings. The number of hydrogen-bond donors (Lipinski definition) is 2. The molecule has 3 N–H and O–H groups in total. The monoisotopic (exact) mass is 288 g/mol. The van der Waals surface area contributed by atoms with E-state index in [-0.39, 0.29) is 17.4 Å². The summed E-state index contributed by atoms with van der Waals surface area (Å²) in [5.41, 5.74) is 6.17. The quantitative estimate of drug-likeness (QED) is 0.607. The Balaban J connectivity index is 3.49. The van der Waals surface area contributed by atoms with Gasteiger partial charge in [0.1, 0.15) is 0 Å². The summed E-state index contributed by atoms with van der Waals surface area (Å²) in [7, 11) is 0. The molecule has 0 aromatic carbocycles. The smallest absolute Gasteiger partial charge is 0.221 e. The van der Waals surface area contributed by atoms with Crippen molar-refractivity contribution in [3.05, 3.63) is 0 Å². The highest BCUT2D eigenvalue weighted by molar-refractivity contribution is 7.98. The molecule has 0 aromatic rings. The second kappa shape index (κ2) is 10.6. The van der Waals surface area contributed by atoms with Crippen LogP contribution in [-0.2, 0) is 4.79 Å². The van der Waals surface area contributed by atoms with Crippen LogP contribution in [0.25, 0.3) is 0 Å². The number of carbonyl (C=O) groups is 1. The zero-order valence-corrected chi connectivity index (χ0v) is 13.9. The number of amides is 1. The van der Waals surface area contributed by atoms with Crippen molar-refractivity contribution >= 4 is 17.7 Å². The number of rotatable bonds is 10. The Labute approximate surface area is 123 Å². The molecule has 0 radical (unpaired) electrons. The van der Waals surface area contributed by atoms with E-state index in [0.717, 1.165) is 19.4 Å². The van der Waals surface area contributed by atoms with E-state index in [1.165, 1.54) is 25.0 Å². The van der Waals surface area contributed by atoms with Gasteiger partial charge in [0.25, 0.3) is 0 Å². The van der Waals surface area contributed by atoms with Crippen molar-refractivity contribution in [3.63, 3.8) is 0 Å². The topological polar surface area (TPSA) is 55.1 Å². The third-order valence-electron chi connectivity index (χ3n) is 2.92. The van der Waals surface area contributed by atoms with E-state index < -0.39 is 0 Å². The third kappa shape index (κ3) is 14.0. The Morgan fingerprint density at radius 2 is 1.84 bits per heavy atom. The van der Waals surface area contributed by atoms with Crippen LogP contribution in [0.15, 0.2) is 0 Å². The van der Waals surface area contributed by atoms with Crippen molar-refractivity contribution in [1.29, 1.82) is 0 Å². The first-order chi connectivity index (χ1) is 8.85. The molecule has 1 amide bonds. The number of nitrogens with two attached hydrogens (primary N) is 1. The molecule has 0 heterocycles. The highest BCUT2D eigenvalue weighted by Crippen LogP contribution is 2.20. The van der Waals surface area contributed by atoms with Crippen molar-refractivity contribution in [1.82, 2.24) is 5.32 Å². The van der Waals surface area contributed by atoms with Crippen LogP contribution in [0.2, 0.25) is 0 Å². The second-order valence-corrected chi connectivity index (χ2v) is 7.47. The second-order valence-electron chi connectivity index (χ2n) is 6.49. The van der Waals surface area contributed by atoms with E-state index in [1.54, 1.807) is 0 Å². The van der Waals surface area contributed by atoms with Gasteiger partial charge in [0.05, 0.1) is 0 Å². The zero-order chi connectivity index (χ0) is 14.7. The molecule has 0 aliphatic heterocycles. The van der Waals surface area contributed by atoms with Crippen LogP contribution in [0.5, 0.6) is 0 Å². The van der Waals surface area contributed by atoms with Gasteiger partial charge in [-0.05, 0) is 36.7 Å². The summed E-state index contributed by atoms with van der Waals surface area (Å²) in [4.78, 5) is 11.7. The maximum Gasteiger partial charge on any atom is 0.221 e. The minimum atomic E-state index is -0.0263. The molecule has 114 valence electrons. The summed E-state index contributed by atoms with van der Waals surface area (Å²) in [6.07, 6.45) is 8.30. The van der Waals surface area contributed by atoms with Gasteiger partial charge in [-0.15, -0.1) is 0 Å². The van der Waals surface area contributed by atoms with Gasteiger partial charge < -0.3 is 11.1 Å². The lowest BCUT2D eigenvalue weighted by atomic mass is 9.87. The maximum absolute atomic E-state index is 11.7. The molecule has 0 saturated heterocycles. The summed E-state index contributed by atoms with van der Waals surface area (Å²) >= 11 is 1.90. The molecular formula is C15H32N2OS.